The Morgan fingerprint density at radius 1 is 1.30 bits per heavy atom. The number of fused-ring (bicyclic) bond motifs is 2. The van der Waals surface area contributed by atoms with Gasteiger partial charge in [0.1, 0.15) is 11.6 Å². The normalized spacial score (nSPS) is 22.3. The van der Waals surface area contributed by atoms with Gasteiger partial charge in [0.05, 0.1) is 0 Å². The number of hydrogen-bond acceptors (Lipinski definition) is 3. The van der Waals surface area contributed by atoms with E-state index in [0.29, 0.717) is 6.42 Å². The van der Waals surface area contributed by atoms with Crippen LogP contribution in [0, 0.1) is 0 Å². The predicted molar refractivity (Wildman–Crippen MR) is 88.5 cm³/mol. The van der Waals surface area contributed by atoms with Crippen LogP contribution in [-0.4, -0.2) is 30.7 Å². The predicted octanol–water partition coefficient (Wildman–Crippen LogP) is 2.98. The quantitative estimate of drug-likeness (QED) is 0.866. The summed E-state index contributed by atoms with van der Waals surface area (Å²) in [6, 6.07) is 7.48. The number of ether oxygens (including phenoxy) is 1. The Hall–Kier alpha value is -2.04. The van der Waals surface area contributed by atoms with Gasteiger partial charge in [-0.15, -0.1) is 0 Å². The van der Waals surface area contributed by atoms with Crippen LogP contribution < -0.4 is 10.2 Å². The Kier molecular flexibility index (Phi) is 3.62. The summed E-state index contributed by atoms with van der Waals surface area (Å²) in [5.74, 6) is -0.0907. The topological polar surface area (TPSA) is 58.6 Å². The van der Waals surface area contributed by atoms with Crippen molar-refractivity contribution in [3.63, 3.8) is 0 Å². The minimum Gasteiger partial charge on any atom is -0.444 e. The third kappa shape index (κ3) is 3.05. The number of carbonyl (C=O) groups excluding carboxylic acids is 2. The number of nitrogens with one attached hydrogen (secondary N) is 1. The number of nitrogens with zero attached hydrogens (tertiary/aromatic N) is 1. The van der Waals surface area contributed by atoms with Crippen molar-refractivity contribution in [3.8, 4) is 0 Å². The van der Waals surface area contributed by atoms with E-state index in [1.807, 2.05) is 39.0 Å². The van der Waals surface area contributed by atoms with Crippen LogP contribution in [-0.2, 0) is 14.9 Å². The average Bonchev–Trinajstić information content (AvgIpc) is 3.24. The van der Waals surface area contributed by atoms with Crippen molar-refractivity contribution in [1.29, 1.82) is 0 Å². The lowest BCUT2D eigenvalue weighted by molar-refractivity contribution is -0.120. The van der Waals surface area contributed by atoms with Gasteiger partial charge >= 0.3 is 6.09 Å². The number of hydrogen-bond donors (Lipinski definition) is 1. The zero-order valence-electron chi connectivity index (χ0n) is 14.2. The average molecular weight is 316 g/mol. The van der Waals surface area contributed by atoms with E-state index >= 15 is 0 Å². The van der Waals surface area contributed by atoms with Crippen molar-refractivity contribution in [2.45, 2.75) is 57.1 Å². The number of likely N-dealkylation sites (N-methyl/N-ethyl adjacent to an activating group) is 1. The number of anilines is 1. The molecule has 1 aliphatic carbocycles. The lowest BCUT2D eigenvalue weighted by Gasteiger charge is -2.25. The van der Waals surface area contributed by atoms with Gasteiger partial charge < -0.3 is 15.0 Å². The first-order chi connectivity index (χ1) is 10.7. The summed E-state index contributed by atoms with van der Waals surface area (Å²) in [5.41, 5.74) is 1.59. The third-order valence-electron chi connectivity index (χ3n) is 4.60. The first-order valence-corrected chi connectivity index (χ1v) is 8.08. The number of alkyl carbamates (subject to hydrolysis) is 1. The highest BCUT2D eigenvalue weighted by Gasteiger charge is 2.51. The molecule has 5 heteroatoms. The van der Waals surface area contributed by atoms with E-state index in [2.05, 4.69) is 11.4 Å². The summed E-state index contributed by atoms with van der Waals surface area (Å²) >= 11 is 0. The molecule has 1 saturated carbocycles. The maximum atomic E-state index is 12.8. The molecule has 3 rings (SSSR count). The molecular weight excluding hydrogens is 292 g/mol. The molecular formula is C18H24N2O3. The Bertz CT molecular complexity index is 644. The Balaban J connectivity index is 1.85. The van der Waals surface area contributed by atoms with Gasteiger partial charge in [-0.25, -0.2) is 4.79 Å². The van der Waals surface area contributed by atoms with Crippen LogP contribution in [0.15, 0.2) is 24.3 Å². The highest BCUT2D eigenvalue weighted by atomic mass is 16.6. The molecule has 1 aromatic carbocycles. The van der Waals surface area contributed by atoms with Crippen LogP contribution in [0.5, 0.6) is 0 Å². The minimum absolute atomic E-state index is 0.0106. The second-order valence-corrected chi connectivity index (χ2v) is 7.60. The Labute approximate surface area is 137 Å². The second-order valence-electron chi connectivity index (χ2n) is 7.60. The summed E-state index contributed by atoms with van der Waals surface area (Å²) in [6.07, 6.45) is 2.20. The van der Waals surface area contributed by atoms with Gasteiger partial charge in [-0.05, 0) is 57.1 Å². The summed E-state index contributed by atoms with van der Waals surface area (Å²) in [7, 11) is 1.77. The summed E-state index contributed by atoms with van der Waals surface area (Å²) in [4.78, 5) is 26.5. The fraction of sp³-hybridized carbons (Fsp3) is 0.556. The molecule has 0 bridgehead atoms. The lowest BCUT2D eigenvalue weighted by Crippen LogP contribution is -2.48. The van der Waals surface area contributed by atoms with E-state index in [1.165, 1.54) is 5.56 Å². The van der Waals surface area contributed by atoms with E-state index < -0.39 is 17.7 Å². The second kappa shape index (κ2) is 5.25. The first kappa shape index (κ1) is 15.8. The van der Waals surface area contributed by atoms with Crippen molar-refractivity contribution in [1.82, 2.24) is 5.32 Å². The van der Waals surface area contributed by atoms with Gasteiger partial charge in [0.15, 0.2) is 0 Å². The van der Waals surface area contributed by atoms with Crippen molar-refractivity contribution >= 4 is 17.7 Å². The van der Waals surface area contributed by atoms with E-state index in [1.54, 1.807) is 11.9 Å². The monoisotopic (exact) mass is 316 g/mol. The molecule has 5 nitrogen and oxygen atoms in total. The minimum atomic E-state index is -0.579. The molecule has 2 amide bonds. The lowest BCUT2D eigenvalue weighted by atomic mass is 9.89. The van der Waals surface area contributed by atoms with Crippen molar-refractivity contribution in [2.24, 2.45) is 0 Å². The van der Waals surface area contributed by atoms with Crippen LogP contribution in [0.4, 0.5) is 10.5 Å². The van der Waals surface area contributed by atoms with Gasteiger partial charge in [0.25, 0.3) is 0 Å². The van der Waals surface area contributed by atoms with Gasteiger partial charge in [0.2, 0.25) is 5.91 Å². The fourth-order valence-corrected chi connectivity index (χ4v) is 3.34. The van der Waals surface area contributed by atoms with Gasteiger partial charge in [0, 0.05) is 12.7 Å². The standard InChI is InChI=1S/C18H24N2O3/c1-17(2,3)23-16(22)19-13-11-18(9-10-18)12-7-5-6-8-14(12)20(4)15(13)21/h5-8,13H,9-11H2,1-4H3,(H,19,22)/t13-/m0/s1. The summed E-state index contributed by atoms with van der Waals surface area (Å²) < 4.78 is 5.31. The van der Waals surface area contributed by atoms with Gasteiger partial charge in [-0.3, -0.25) is 4.79 Å². The Morgan fingerprint density at radius 3 is 2.57 bits per heavy atom. The van der Waals surface area contributed by atoms with Crippen LogP contribution >= 0.6 is 0 Å². The van der Waals surface area contributed by atoms with Crippen molar-refractivity contribution < 1.29 is 14.3 Å². The molecule has 2 aliphatic rings. The van der Waals surface area contributed by atoms with Crippen molar-refractivity contribution in [3.05, 3.63) is 29.8 Å². The zero-order valence-corrected chi connectivity index (χ0v) is 14.2. The van der Waals surface area contributed by atoms with Gasteiger partial charge in [-0.1, -0.05) is 18.2 Å². The highest BCUT2D eigenvalue weighted by molar-refractivity contribution is 6.00. The fourth-order valence-electron chi connectivity index (χ4n) is 3.34. The zero-order chi connectivity index (χ0) is 16.8. The molecule has 0 unspecified atom stereocenters. The van der Waals surface area contributed by atoms with Gasteiger partial charge in [-0.2, -0.15) is 0 Å². The number of para-hydroxylation sites is 1. The van der Waals surface area contributed by atoms with E-state index in [-0.39, 0.29) is 11.3 Å². The molecule has 1 N–H and O–H groups in total. The summed E-state index contributed by atoms with van der Waals surface area (Å²) in [5, 5.41) is 2.77. The van der Waals surface area contributed by atoms with Crippen LogP contribution in [0.2, 0.25) is 0 Å². The maximum Gasteiger partial charge on any atom is 0.408 e. The number of amides is 2. The molecule has 23 heavy (non-hydrogen) atoms. The van der Waals surface area contributed by atoms with Crippen LogP contribution in [0.1, 0.15) is 45.6 Å². The Morgan fingerprint density at radius 2 is 1.96 bits per heavy atom. The van der Waals surface area contributed by atoms with Crippen LogP contribution in [0.3, 0.4) is 0 Å². The first-order valence-electron chi connectivity index (χ1n) is 8.08. The molecule has 1 aliphatic heterocycles. The SMILES string of the molecule is CN1C(=O)[C@@H](NC(=O)OC(C)(C)C)CC2(CC2)c2ccccc21. The smallest absolute Gasteiger partial charge is 0.408 e. The molecule has 0 radical (unpaired) electrons. The van der Waals surface area contributed by atoms with E-state index in [9.17, 15) is 9.59 Å². The summed E-state index contributed by atoms with van der Waals surface area (Å²) in [6.45, 7) is 5.43. The van der Waals surface area contributed by atoms with E-state index in [4.69, 9.17) is 4.74 Å². The molecule has 1 fully saturated rings. The maximum absolute atomic E-state index is 12.8. The number of carbonyl (C=O) groups is 2. The van der Waals surface area contributed by atoms with Crippen molar-refractivity contribution in [2.75, 3.05) is 11.9 Å². The highest BCUT2D eigenvalue weighted by Crippen LogP contribution is 2.55. The largest absolute Gasteiger partial charge is 0.444 e. The molecule has 1 atom stereocenters. The number of benzene rings is 1. The van der Waals surface area contributed by atoms with Crippen LogP contribution in [0.25, 0.3) is 0 Å². The molecule has 1 heterocycles. The molecule has 124 valence electrons. The molecule has 1 spiro atoms. The number of rotatable bonds is 1. The van der Waals surface area contributed by atoms with E-state index in [0.717, 1.165) is 18.5 Å². The molecule has 1 aromatic rings. The molecule has 0 saturated heterocycles. The molecule has 0 aromatic heterocycles. The third-order valence-corrected chi connectivity index (χ3v) is 4.60.